The van der Waals surface area contributed by atoms with Crippen molar-refractivity contribution < 1.29 is 9.59 Å². The van der Waals surface area contributed by atoms with Gasteiger partial charge in [-0.2, -0.15) is 0 Å². The van der Waals surface area contributed by atoms with E-state index in [9.17, 15) is 14.4 Å². The Hall–Kier alpha value is -2.18. The summed E-state index contributed by atoms with van der Waals surface area (Å²) in [5.41, 5.74) is 1.22. The first kappa shape index (κ1) is 17.6. The third kappa shape index (κ3) is 3.60. The molecule has 2 aliphatic rings. The number of rotatable bonds is 3. The van der Waals surface area contributed by atoms with Gasteiger partial charge in [-0.1, -0.05) is 6.92 Å². The van der Waals surface area contributed by atoms with Gasteiger partial charge in [0.1, 0.15) is 5.82 Å². The highest BCUT2D eigenvalue weighted by molar-refractivity contribution is 5.76. The fourth-order valence-electron chi connectivity index (χ4n) is 3.76. The number of carbonyl (C=O) groups is 2. The van der Waals surface area contributed by atoms with Gasteiger partial charge >= 0.3 is 0 Å². The van der Waals surface area contributed by atoms with Crippen LogP contribution in [0.5, 0.6) is 0 Å². The third-order valence-corrected chi connectivity index (χ3v) is 5.14. The number of carbonyl (C=O) groups excluding carboxylic acids is 2. The van der Waals surface area contributed by atoms with Gasteiger partial charge in [-0.15, -0.1) is 0 Å². The van der Waals surface area contributed by atoms with Crippen molar-refractivity contribution in [3.05, 3.63) is 27.4 Å². The highest BCUT2D eigenvalue weighted by Gasteiger charge is 2.31. The fourth-order valence-corrected chi connectivity index (χ4v) is 3.76. The number of H-pyrrole nitrogens is 1. The maximum absolute atomic E-state index is 12.5. The summed E-state index contributed by atoms with van der Waals surface area (Å²) >= 11 is 0. The van der Waals surface area contributed by atoms with Gasteiger partial charge in [-0.25, -0.2) is 4.98 Å². The smallest absolute Gasteiger partial charge is 0.254 e. The lowest BCUT2D eigenvalue weighted by Gasteiger charge is -2.36. The number of nitrogens with one attached hydrogen (secondary N) is 1. The van der Waals surface area contributed by atoms with Crippen LogP contribution in [0.3, 0.4) is 0 Å². The lowest BCUT2D eigenvalue weighted by atomic mass is 9.99. The van der Waals surface area contributed by atoms with Crippen molar-refractivity contribution >= 4 is 11.8 Å². The predicted molar refractivity (Wildman–Crippen MR) is 92.9 cm³/mol. The Balaban J connectivity index is 1.92. The number of fused-ring (bicyclic) bond motifs is 1. The van der Waals surface area contributed by atoms with Gasteiger partial charge in [0.2, 0.25) is 11.8 Å². The molecule has 7 nitrogen and oxygen atoms in total. The van der Waals surface area contributed by atoms with E-state index >= 15 is 0 Å². The van der Waals surface area contributed by atoms with Crippen LogP contribution in [0.4, 0.5) is 0 Å². The maximum Gasteiger partial charge on any atom is 0.254 e. The zero-order valence-electron chi connectivity index (χ0n) is 15.0. The Morgan fingerprint density at radius 1 is 1.28 bits per heavy atom. The fraction of sp³-hybridized carbons (Fsp3) is 0.667. The monoisotopic (exact) mass is 346 g/mol. The van der Waals surface area contributed by atoms with E-state index < -0.39 is 0 Å². The highest BCUT2D eigenvalue weighted by atomic mass is 16.2. The lowest BCUT2D eigenvalue weighted by Crippen LogP contribution is -2.42. The molecular formula is C18H26N4O3. The molecule has 0 radical (unpaired) electrons. The van der Waals surface area contributed by atoms with E-state index in [0.717, 1.165) is 25.7 Å². The molecule has 0 unspecified atom stereocenters. The number of likely N-dealkylation sites (tertiary alicyclic amines) is 1. The van der Waals surface area contributed by atoms with Crippen molar-refractivity contribution in [3.8, 4) is 0 Å². The van der Waals surface area contributed by atoms with Gasteiger partial charge in [0.25, 0.3) is 5.56 Å². The molecule has 3 rings (SSSR count). The van der Waals surface area contributed by atoms with Crippen LogP contribution in [0.2, 0.25) is 0 Å². The van der Waals surface area contributed by atoms with Gasteiger partial charge < -0.3 is 14.8 Å². The molecule has 0 bridgehead atoms. The van der Waals surface area contributed by atoms with E-state index in [4.69, 9.17) is 0 Å². The molecule has 1 atom stereocenters. The number of piperidine rings is 1. The van der Waals surface area contributed by atoms with Gasteiger partial charge in [-0.3, -0.25) is 14.4 Å². The summed E-state index contributed by atoms with van der Waals surface area (Å²) in [4.78, 5) is 47.8. The summed E-state index contributed by atoms with van der Waals surface area (Å²) in [7, 11) is 0. The molecule has 1 aromatic heterocycles. The average molecular weight is 346 g/mol. The number of aromatic nitrogens is 2. The van der Waals surface area contributed by atoms with Crippen LogP contribution >= 0.6 is 0 Å². The molecule has 136 valence electrons. The largest absolute Gasteiger partial charge is 0.337 e. The summed E-state index contributed by atoms with van der Waals surface area (Å²) in [6.07, 6.45) is 4.67. The van der Waals surface area contributed by atoms with E-state index in [0.29, 0.717) is 49.6 Å². The van der Waals surface area contributed by atoms with Crippen LogP contribution in [0, 0.1) is 0 Å². The molecule has 7 heteroatoms. The second-order valence-electron chi connectivity index (χ2n) is 6.92. The van der Waals surface area contributed by atoms with E-state index in [-0.39, 0.29) is 23.4 Å². The quantitative estimate of drug-likeness (QED) is 0.899. The van der Waals surface area contributed by atoms with Crippen LogP contribution in [-0.4, -0.2) is 44.7 Å². The molecule has 0 aliphatic carbocycles. The minimum Gasteiger partial charge on any atom is -0.337 e. The van der Waals surface area contributed by atoms with Gasteiger partial charge in [0, 0.05) is 32.0 Å². The van der Waals surface area contributed by atoms with Crippen molar-refractivity contribution in [1.29, 1.82) is 0 Å². The normalized spacial score (nSPS) is 20.3. The standard InChI is InChI=1S/C18H26N4O3/c1-3-6-16(24)22-9-5-4-7-15(22)17-19-14-11-21(12(2)23)10-8-13(14)18(25)20-17/h15H,3-11H2,1-2H3,(H,19,20,25)/t15-/m0/s1. The maximum atomic E-state index is 12.5. The summed E-state index contributed by atoms with van der Waals surface area (Å²) < 4.78 is 0. The van der Waals surface area contributed by atoms with Crippen LogP contribution in [0.25, 0.3) is 0 Å². The van der Waals surface area contributed by atoms with Crippen molar-refractivity contribution in [3.63, 3.8) is 0 Å². The van der Waals surface area contributed by atoms with Crippen LogP contribution in [0.1, 0.15) is 69.1 Å². The van der Waals surface area contributed by atoms with Gasteiger partial charge in [0.15, 0.2) is 0 Å². The van der Waals surface area contributed by atoms with Crippen LogP contribution < -0.4 is 5.56 Å². The number of hydrogen-bond acceptors (Lipinski definition) is 4. The molecule has 1 fully saturated rings. The Morgan fingerprint density at radius 2 is 2.08 bits per heavy atom. The second-order valence-corrected chi connectivity index (χ2v) is 6.92. The molecule has 2 amide bonds. The van der Waals surface area contributed by atoms with Crippen LogP contribution in [0.15, 0.2) is 4.79 Å². The Kier molecular flexibility index (Phi) is 5.20. The van der Waals surface area contributed by atoms with Crippen molar-refractivity contribution in [2.24, 2.45) is 0 Å². The van der Waals surface area contributed by atoms with Crippen LogP contribution in [-0.2, 0) is 22.6 Å². The minimum absolute atomic E-state index is 0.00769. The molecular weight excluding hydrogens is 320 g/mol. The molecule has 25 heavy (non-hydrogen) atoms. The van der Waals surface area contributed by atoms with Gasteiger partial charge in [0.05, 0.1) is 18.3 Å². The SMILES string of the molecule is CCCC(=O)N1CCCC[C@H]1c1nc2c(c(=O)[nH]1)CCN(C(C)=O)C2. The first-order chi connectivity index (χ1) is 12.0. The summed E-state index contributed by atoms with van der Waals surface area (Å²) in [6, 6.07) is -0.168. The Labute approximate surface area is 147 Å². The minimum atomic E-state index is -0.168. The first-order valence-electron chi connectivity index (χ1n) is 9.18. The summed E-state index contributed by atoms with van der Waals surface area (Å²) in [5.74, 6) is 0.683. The van der Waals surface area contributed by atoms with Crippen molar-refractivity contribution in [2.75, 3.05) is 13.1 Å². The Bertz CT molecular complexity index is 728. The molecule has 0 spiro atoms. The summed E-state index contributed by atoms with van der Waals surface area (Å²) in [6.45, 7) is 5.16. The van der Waals surface area contributed by atoms with E-state index in [1.807, 2.05) is 11.8 Å². The molecule has 1 N–H and O–H groups in total. The average Bonchev–Trinajstić information content (AvgIpc) is 2.61. The molecule has 0 saturated carbocycles. The van der Waals surface area contributed by atoms with Crippen molar-refractivity contribution in [1.82, 2.24) is 19.8 Å². The molecule has 3 heterocycles. The molecule has 2 aliphatic heterocycles. The molecule has 1 aromatic rings. The Morgan fingerprint density at radius 3 is 2.80 bits per heavy atom. The third-order valence-electron chi connectivity index (χ3n) is 5.14. The van der Waals surface area contributed by atoms with Crippen molar-refractivity contribution in [2.45, 2.75) is 65.0 Å². The first-order valence-corrected chi connectivity index (χ1v) is 9.18. The highest BCUT2D eigenvalue weighted by Crippen LogP contribution is 2.30. The van der Waals surface area contributed by atoms with Gasteiger partial charge in [-0.05, 0) is 32.1 Å². The molecule has 0 aromatic carbocycles. The molecule has 1 saturated heterocycles. The second kappa shape index (κ2) is 7.37. The topological polar surface area (TPSA) is 86.4 Å². The zero-order chi connectivity index (χ0) is 18.0. The number of hydrogen-bond donors (Lipinski definition) is 1. The van der Waals surface area contributed by atoms with E-state index in [1.54, 1.807) is 4.90 Å². The lowest BCUT2D eigenvalue weighted by molar-refractivity contribution is -0.135. The number of amides is 2. The number of aromatic amines is 1. The number of nitrogens with zero attached hydrogens (tertiary/aromatic N) is 3. The summed E-state index contributed by atoms with van der Waals surface area (Å²) in [5, 5.41) is 0. The predicted octanol–water partition coefficient (Wildman–Crippen LogP) is 1.53. The zero-order valence-corrected chi connectivity index (χ0v) is 15.0. The van der Waals surface area contributed by atoms with E-state index in [2.05, 4.69) is 9.97 Å². The van der Waals surface area contributed by atoms with E-state index in [1.165, 1.54) is 6.92 Å².